The number of hydrogen-bond acceptors (Lipinski definition) is 3. The molecular weight excluding hydrogens is 216 g/mol. The summed E-state index contributed by atoms with van der Waals surface area (Å²) in [5.41, 5.74) is 0.808. The molecular formula is C13H20N2O2. The van der Waals surface area contributed by atoms with Crippen LogP contribution in [0.5, 0.6) is 0 Å². The zero-order valence-electron chi connectivity index (χ0n) is 10.1. The van der Waals surface area contributed by atoms with E-state index in [1.54, 1.807) is 0 Å². The average molecular weight is 236 g/mol. The van der Waals surface area contributed by atoms with Gasteiger partial charge in [-0.3, -0.25) is 4.79 Å². The Labute approximate surface area is 102 Å². The summed E-state index contributed by atoms with van der Waals surface area (Å²) in [7, 11) is 0. The Bertz CT molecular complexity index is 327. The number of aliphatic hydroxyl groups is 1. The zero-order chi connectivity index (χ0) is 12.5. The standard InChI is InChI=1S/C13H20N2O2/c1-11(6-5-9-16)14-10-13(17)15-12-7-3-2-4-8-12/h2-4,7-8,11,14,16H,5-6,9-10H2,1H3,(H,15,17). The third kappa shape index (κ3) is 6.04. The molecule has 1 aromatic carbocycles. The summed E-state index contributed by atoms with van der Waals surface area (Å²) in [6.07, 6.45) is 1.63. The topological polar surface area (TPSA) is 61.4 Å². The van der Waals surface area contributed by atoms with Gasteiger partial charge in [-0.15, -0.1) is 0 Å². The molecule has 1 unspecified atom stereocenters. The molecule has 0 aliphatic rings. The van der Waals surface area contributed by atoms with Crippen LogP contribution in [0.1, 0.15) is 19.8 Å². The van der Waals surface area contributed by atoms with Crippen LogP contribution >= 0.6 is 0 Å². The van der Waals surface area contributed by atoms with E-state index in [1.165, 1.54) is 0 Å². The molecule has 4 nitrogen and oxygen atoms in total. The number of aliphatic hydroxyl groups excluding tert-OH is 1. The Hall–Kier alpha value is -1.39. The minimum Gasteiger partial charge on any atom is -0.396 e. The number of rotatable bonds is 7. The first-order valence-electron chi connectivity index (χ1n) is 5.91. The number of hydrogen-bond donors (Lipinski definition) is 3. The molecule has 0 radical (unpaired) electrons. The van der Waals surface area contributed by atoms with Gasteiger partial charge < -0.3 is 15.7 Å². The Morgan fingerprint density at radius 1 is 1.35 bits per heavy atom. The summed E-state index contributed by atoms with van der Waals surface area (Å²) in [5, 5.41) is 14.6. The first-order valence-corrected chi connectivity index (χ1v) is 5.91. The number of anilines is 1. The lowest BCUT2D eigenvalue weighted by molar-refractivity contribution is -0.115. The van der Waals surface area contributed by atoms with E-state index in [2.05, 4.69) is 10.6 Å². The molecule has 0 heterocycles. The Morgan fingerprint density at radius 2 is 2.06 bits per heavy atom. The molecule has 1 amide bonds. The van der Waals surface area contributed by atoms with Crippen molar-refractivity contribution in [3.8, 4) is 0 Å². The van der Waals surface area contributed by atoms with Crippen molar-refractivity contribution in [3.05, 3.63) is 30.3 Å². The summed E-state index contributed by atoms with van der Waals surface area (Å²) >= 11 is 0. The number of carbonyl (C=O) groups excluding carboxylic acids is 1. The van der Waals surface area contributed by atoms with Gasteiger partial charge >= 0.3 is 0 Å². The van der Waals surface area contributed by atoms with Crippen molar-refractivity contribution in [1.29, 1.82) is 0 Å². The molecule has 1 rings (SSSR count). The van der Waals surface area contributed by atoms with Gasteiger partial charge in [-0.25, -0.2) is 0 Å². The molecule has 0 fully saturated rings. The van der Waals surface area contributed by atoms with E-state index in [-0.39, 0.29) is 18.6 Å². The summed E-state index contributed by atoms with van der Waals surface area (Å²) < 4.78 is 0. The van der Waals surface area contributed by atoms with Crippen LogP contribution in [-0.4, -0.2) is 30.2 Å². The second-order valence-corrected chi connectivity index (χ2v) is 4.06. The van der Waals surface area contributed by atoms with Crippen molar-refractivity contribution >= 4 is 11.6 Å². The Morgan fingerprint density at radius 3 is 2.71 bits per heavy atom. The van der Waals surface area contributed by atoms with Crippen molar-refractivity contribution in [1.82, 2.24) is 5.32 Å². The van der Waals surface area contributed by atoms with Crippen LogP contribution < -0.4 is 10.6 Å². The van der Waals surface area contributed by atoms with Gasteiger partial charge in [0.25, 0.3) is 0 Å². The van der Waals surface area contributed by atoms with Gasteiger partial charge in [0.15, 0.2) is 0 Å². The van der Waals surface area contributed by atoms with Crippen molar-refractivity contribution in [2.45, 2.75) is 25.8 Å². The van der Waals surface area contributed by atoms with Gasteiger partial charge in [-0.05, 0) is 31.9 Å². The second kappa shape index (κ2) is 7.81. The molecule has 0 aromatic heterocycles. The molecule has 3 N–H and O–H groups in total. The predicted molar refractivity (Wildman–Crippen MR) is 68.9 cm³/mol. The first kappa shape index (κ1) is 13.7. The normalized spacial score (nSPS) is 12.1. The minimum absolute atomic E-state index is 0.0490. The average Bonchev–Trinajstić information content (AvgIpc) is 2.35. The number of amides is 1. The molecule has 0 saturated carbocycles. The lowest BCUT2D eigenvalue weighted by Crippen LogP contribution is -2.34. The molecule has 1 aromatic rings. The molecule has 1 atom stereocenters. The molecule has 0 saturated heterocycles. The molecule has 0 spiro atoms. The SMILES string of the molecule is CC(CCCO)NCC(=O)Nc1ccccc1. The molecule has 94 valence electrons. The van der Waals surface area contributed by atoms with Gasteiger partial charge in [-0.1, -0.05) is 18.2 Å². The number of benzene rings is 1. The zero-order valence-corrected chi connectivity index (χ0v) is 10.1. The highest BCUT2D eigenvalue weighted by atomic mass is 16.2. The van der Waals surface area contributed by atoms with E-state index >= 15 is 0 Å². The maximum absolute atomic E-state index is 11.6. The fraction of sp³-hybridized carbons (Fsp3) is 0.462. The second-order valence-electron chi connectivity index (χ2n) is 4.06. The maximum Gasteiger partial charge on any atom is 0.238 e. The van der Waals surface area contributed by atoms with Crippen LogP contribution in [0.25, 0.3) is 0 Å². The quantitative estimate of drug-likeness (QED) is 0.670. The minimum atomic E-state index is -0.0490. The predicted octanol–water partition coefficient (Wildman–Crippen LogP) is 1.38. The molecule has 17 heavy (non-hydrogen) atoms. The third-order valence-electron chi connectivity index (χ3n) is 2.46. The van der Waals surface area contributed by atoms with E-state index < -0.39 is 0 Å². The highest BCUT2D eigenvalue weighted by molar-refractivity contribution is 5.92. The highest BCUT2D eigenvalue weighted by Gasteiger charge is 2.05. The van der Waals surface area contributed by atoms with E-state index in [4.69, 9.17) is 5.11 Å². The summed E-state index contributed by atoms with van der Waals surface area (Å²) in [6.45, 7) is 2.50. The smallest absolute Gasteiger partial charge is 0.238 e. The largest absolute Gasteiger partial charge is 0.396 e. The van der Waals surface area contributed by atoms with Crippen LogP contribution in [0.15, 0.2) is 30.3 Å². The summed E-state index contributed by atoms with van der Waals surface area (Å²) in [4.78, 5) is 11.6. The van der Waals surface area contributed by atoms with Gasteiger partial charge in [0.1, 0.15) is 0 Å². The maximum atomic E-state index is 11.6. The van der Waals surface area contributed by atoms with E-state index in [1.807, 2.05) is 37.3 Å². The fourth-order valence-electron chi connectivity index (χ4n) is 1.49. The van der Waals surface area contributed by atoms with Gasteiger partial charge in [0.05, 0.1) is 6.54 Å². The van der Waals surface area contributed by atoms with Crippen LogP contribution in [0.3, 0.4) is 0 Å². The van der Waals surface area contributed by atoms with Gasteiger partial charge in [0, 0.05) is 18.3 Å². The lowest BCUT2D eigenvalue weighted by Gasteiger charge is -2.12. The molecule has 0 aliphatic carbocycles. The highest BCUT2D eigenvalue weighted by Crippen LogP contribution is 2.04. The van der Waals surface area contributed by atoms with E-state index in [0.29, 0.717) is 6.54 Å². The van der Waals surface area contributed by atoms with Crippen LogP contribution in [0, 0.1) is 0 Å². The van der Waals surface area contributed by atoms with Gasteiger partial charge in [-0.2, -0.15) is 0 Å². The Balaban J connectivity index is 2.21. The molecule has 0 bridgehead atoms. The fourth-order valence-corrected chi connectivity index (χ4v) is 1.49. The number of carbonyl (C=O) groups is 1. The lowest BCUT2D eigenvalue weighted by atomic mass is 10.2. The molecule has 0 aliphatic heterocycles. The monoisotopic (exact) mass is 236 g/mol. The van der Waals surface area contributed by atoms with Crippen molar-refractivity contribution in [2.24, 2.45) is 0 Å². The molecule has 4 heteroatoms. The van der Waals surface area contributed by atoms with Crippen molar-refractivity contribution < 1.29 is 9.90 Å². The van der Waals surface area contributed by atoms with E-state index in [0.717, 1.165) is 18.5 Å². The van der Waals surface area contributed by atoms with Crippen LogP contribution in [-0.2, 0) is 4.79 Å². The first-order chi connectivity index (χ1) is 8.22. The van der Waals surface area contributed by atoms with Crippen LogP contribution in [0.4, 0.5) is 5.69 Å². The Kier molecular flexibility index (Phi) is 6.29. The van der Waals surface area contributed by atoms with E-state index in [9.17, 15) is 4.79 Å². The van der Waals surface area contributed by atoms with Crippen LogP contribution in [0.2, 0.25) is 0 Å². The third-order valence-corrected chi connectivity index (χ3v) is 2.46. The van der Waals surface area contributed by atoms with Gasteiger partial charge in [0.2, 0.25) is 5.91 Å². The summed E-state index contributed by atoms with van der Waals surface area (Å²) in [6, 6.07) is 9.62. The van der Waals surface area contributed by atoms with Crippen molar-refractivity contribution in [2.75, 3.05) is 18.5 Å². The number of nitrogens with one attached hydrogen (secondary N) is 2. The number of para-hydroxylation sites is 1. The van der Waals surface area contributed by atoms with Crippen molar-refractivity contribution in [3.63, 3.8) is 0 Å². The summed E-state index contributed by atoms with van der Waals surface area (Å²) in [5.74, 6) is -0.0490.